The molecule has 5 nitrogen and oxygen atoms in total. The number of hydrogen-bond donors (Lipinski definition) is 2. The van der Waals surface area contributed by atoms with Crippen molar-refractivity contribution in [2.24, 2.45) is 0 Å². The summed E-state index contributed by atoms with van der Waals surface area (Å²) < 4.78 is 27.2. The molecule has 0 bridgehead atoms. The number of pyridine rings is 1. The molecule has 0 saturated heterocycles. The number of nitrogens with one attached hydrogen (secondary N) is 2. The van der Waals surface area contributed by atoms with E-state index in [2.05, 4.69) is 22.5 Å². The Balaban J connectivity index is 2.07. The molecule has 1 aromatic carbocycles. The third kappa shape index (κ3) is 5.07. The Bertz CT molecular complexity index is 745. The van der Waals surface area contributed by atoms with Crippen molar-refractivity contribution in [2.75, 3.05) is 11.9 Å². The van der Waals surface area contributed by atoms with E-state index in [1.165, 1.54) is 24.4 Å². The van der Waals surface area contributed by atoms with Gasteiger partial charge in [0.15, 0.2) is 0 Å². The molecule has 1 heterocycles. The Morgan fingerprint density at radius 2 is 1.80 bits per heavy atom. The molecule has 2 rings (SSSR count). The number of halogens is 2. The zero-order valence-corrected chi connectivity index (χ0v) is 13.8. The van der Waals surface area contributed by atoms with Crippen LogP contribution < -0.4 is 10.6 Å². The van der Waals surface area contributed by atoms with Gasteiger partial charge in [0, 0.05) is 18.3 Å². The molecule has 1 aromatic heterocycles. The second kappa shape index (κ2) is 8.86. The Hall–Kier alpha value is -2.83. The van der Waals surface area contributed by atoms with Crippen molar-refractivity contribution in [2.45, 2.75) is 26.2 Å². The van der Waals surface area contributed by atoms with Gasteiger partial charge in [-0.3, -0.25) is 14.6 Å². The number of nitrogens with zero attached hydrogens (tertiary/aromatic N) is 1. The molecule has 25 heavy (non-hydrogen) atoms. The molecular weight excluding hydrogens is 328 g/mol. The molecule has 132 valence electrons. The highest BCUT2D eigenvalue weighted by atomic mass is 19.1. The molecule has 2 amide bonds. The van der Waals surface area contributed by atoms with Crippen LogP contribution in [-0.4, -0.2) is 23.3 Å². The van der Waals surface area contributed by atoms with Gasteiger partial charge in [-0.05, 0) is 30.7 Å². The van der Waals surface area contributed by atoms with Gasteiger partial charge < -0.3 is 10.6 Å². The van der Waals surface area contributed by atoms with E-state index in [0.717, 1.165) is 31.4 Å². The van der Waals surface area contributed by atoms with Gasteiger partial charge >= 0.3 is 0 Å². The maximum atomic E-state index is 13.6. The number of carbonyl (C=O) groups excluding carboxylic acids is 2. The summed E-state index contributed by atoms with van der Waals surface area (Å²) in [5.41, 5.74) is -0.404. The van der Waals surface area contributed by atoms with Gasteiger partial charge in [0.2, 0.25) is 0 Å². The summed E-state index contributed by atoms with van der Waals surface area (Å²) in [6.07, 6.45) is 4.22. The number of para-hydroxylation sites is 1. The minimum Gasteiger partial charge on any atom is -0.352 e. The van der Waals surface area contributed by atoms with Crippen LogP contribution in [0.25, 0.3) is 0 Å². The van der Waals surface area contributed by atoms with Crippen LogP contribution >= 0.6 is 0 Å². The second-order valence-electron chi connectivity index (χ2n) is 5.44. The van der Waals surface area contributed by atoms with Crippen LogP contribution in [0.5, 0.6) is 0 Å². The number of amides is 2. The molecule has 2 aromatic rings. The molecule has 7 heteroatoms. The molecule has 0 aliphatic heterocycles. The zero-order chi connectivity index (χ0) is 18.2. The first-order valence-electron chi connectivity index (χ1n) is 8.02. The van der Waals surface area contributed by atoms with Crippen molar-refractivity contribution in [1.29, 1.82) is 0 Å². The molecule has 0 saturated carbocycles. The summed E-state index contributed by atoms with van der Waals surface area (Å²) in [6, 6.07) is 6.01. The summed E-state index contributed by atoms with van der Waals surface area (Å²) in [6.45, 7) is 2.60. The van der Waals surface area contributed by atoms with E-state index < -0.39 is 23.2 Å². The van der Waals surface area contributed by atoms with Crippen molar-refractivity contribution in [1.82, 2.24) is 10.3 Å². The monoisotopic (exact) mass is 347 g/mol. The largest absolute Gasteiger partial charge is 0.352 e. The summed E-state index contributed by atoms with van der Waals surface area (Å²) in [4.78, 5) is 28.1. The lowest BCUT2D eigenvalue weighted by Gasteiger charge is -2.08. The van der Waals surface area contributed by atoms with E-state index in [9.17, 15) is 18.4 Å². The van der Waals surface area contributed by atoms with Gasteiger partial charge in [-0.1, -0.05) is 25.8 Å². The first-order valence-corrected chi connectivity index (χ1v) is 8.02. The highest BCUT2D eigenvalue weighted by Gasteiger charge is 2.16. The number of unbranched alkanes of at least 4 members (excludes halogenated alkanes) is 2. The van der Waals surface area contributed by atoms with Crippen molar-refractivity contribution in [3.8, 4) is 0 Å². The van der Waals surface area contributed by atoms with E-state index in [0.29, 0.717) is 6.54 Å². The van der Waals surface area contributed by atoms with E-state index in [-0.39, 0.29) is 17.2 Å². The lowest BCUT2D eigenvalue weighted by atomic mass is 10.2. The van der Waals surface area contributed by atoms with Crippen LogP contribution in [0, 0.1) is 11.6 Å². The minimum atomic E-state index is -0.891. The predicted molar refractivity (Wildman–Crippen MR) is 90.4 cm³/mol. The highest BCUT2D eigenvalue weighted by Crippen LogP contribution is 2.18. The van der Waals surface area contributed by atoms with Gasteiger partial charge in [-0.25, -0.2) is 8.78 Å². The van der Waals surface area contributed by atoms with Crippen LogP contribution in [0.15, 0.2) is 36.5 Å². The summed E-state index contributed by atoms with van der Waals surface area (Å²) in [7, 11) is 0. The maximum Gasteiger partial charge on any atom is 0.274 e. The van der Waals surface area contributed by atoms with Crippen LogP contribution in [0.3, 0.4) is 0 Å². The third-order valence-corrected chi connectivity index (χ3v) is 3.52. The van der Waals surface area contributed by atoms with Gasteiger partial charge in [0.05, 0.1) is 0 Å². The predicted octanol–water partition coefficient (Wildman–Crippen LogP) is 3.53. The van der Waals surface area contributed by atoms with Gasteiger partial charge in [-0.2, -0.15) is 0 Å². The molecule has 0 fully saturated rings. The van der Waals surface area contributed by atoms with Crippen LogP contribution in [0.4, 0.5) is 14.5 Å². The fraction of sp³-hybridized carbons (Fsp3) is 0.278. The summed E-state index contributed by atoms with van der Waals surface area (Å²) in [5, 5.41) is 4.89. The Morgan fingerprint density at radius 3 is 2.48 bits per heavy atom. The van der Waals surface area contributed by atoms with Crippen LogP contribution in [0.1, 0.15) is 47.0 Å². The lowest BCUT2D eigenvalue weighted by Crippen LogP contribution is -2.25. The summed E-state index contributed by atoms with van der Waals surface area (Å²) in [5.74, 6) is -2.91. The average Bonchev–Trinajstić information content (AvgIpc) is 2.61. The number of hydrogen-bond acceptors (Lipinski definition) is 3. The topological polar surface area (TPSA) is 71.1 Å². The van der Waals surface area contributed by atoms with E-state index >= 15 is 0 Å². The van der Waals surface area contributed by atoms with Gasteiger partial charge in [-0.15, -0.1) is 0 Å². The first-order chi connectivity index (χ1) is 12.0. The summed E-state index contributed by atoms with van der Waals surface area (Å²) >= 11 is 0. The normalized spacial score (nSPS) is 10.4. The highest BCUT2D eigenvalue weighted by molar-refractivity contribution is 6.04. The SMILES string of the molecule is CCCCCNC(=O)c1ccnc(C(=O)Nc2c(F)cccc2F)c1. The molecule has 0 aliphatic carbocycles. The molecule has 0 spiro atoms. The fourth-order valence-electron chi connectivity index (χ4n) is 2.17. The van der Waals surface area contributed by atoms with Gasteiger partial charge in [0.25, 0.3) is 11.8 Å². The Labute approximate surface area is 144 Å². The number of benzene rings is 1. The standard InChI is InChI=1S/C18H19F2N3O2/c1-2-3-4-9-22-17(24)12-8-10-21-15(11-12)18(25)23-16-13(19)6-5-7-14(16)20/h5-8,10-11H,2-4,9H2,1H3,(H,22,24)(H,23,25). The second-order valence-corrected chi connectivity index (χ2v) is 5.44. The smallest absolute Gasteiger partial charge is 0.274 e. The van der Waals surface area contributed by atoms with E-state index in [4.69, 9.17) is 0 Å². The maximum absolute atomic E-state index is 13.6. The van der Waals surface area contributed by atoms with E-state index in [1.54, 1.807) is 0 Å². The zero-order valence-electron chi connectivity index (χ0n) is 13.8. The number of carbonyl (C=O) groups is 2. The van der Waals surface area contributed by atoms with Gasteiger partial charge in [0.1, 0.15) is 23.0 Å². The minimum absolute atomic E-state index is 0.108. The van der Waals surface area contributed by atoms with Crippen LogP contribution in [0.2, 0.25) is 0 Å². The number of aromatic nitrogens is 1. The molecular formula is C18H19F2N3O2. The molecule has 0 aliphatic rings. The third-order valence-electron chi connectivity index (χ3n) is 3.52. The van der Waals surface area contributed by atoms with Crippen LogP contribution in [-0.2, 0) is 0 Å². The quantitative estimate of drug-likeness (QED) is 0.753. The molecule has 0 radical (unpaired) electrons. The van der Waals surface area contributed by atoms with Crippen molar-refractivity contribution in [3.63, 3.8) is 0 Å². The van der Waals surface area contributed by atoms with Crippen molar-refractivity contribution >= 4 is 17.5 Å². The van der Waals surface area contributed by atoms with E-state index in [1.807, 2.05) is 0 Å². The van der Waals surface area contributed by atoms with Crippen molar-refractivity contribution < 1.29 is 18.4 Å². The lowest BCUT2D eigenvalue weighted by molar-refractivity contribution is 0.0953. The average molecular weight is 347 g/mol. The first kappa shape index (κ1) is 18.5. The molecule has 2 N–H and O–H groups in total. The molecule has 0 unspecified atom stereocenters. The fourth-order valence-corrected chi connectivity index (χ4v) is 2.17. The van der Waals surface area contributed by atoms with Crippen molar-refractivity contribution in [3.05, 3.63) is 59.4 Å². The number of rotatable bonds is 7. The number of anilines is 1. The Kier molecular flexibility index (Phi) is 6.56. The Morgan fingerprint density at radius 1 is 1.08 bits per heavy atom. The molecule has 0 atom stereocenters.